The van der Waals surface area contributed by atoms with Crippen molar-refractivity contribution in [2.75, 3.05) is 18.0 Å². The number of carboxylic acids is 1. The molecule has 8 nitrogen and oxygen atoms in total. The van der Waals surface area contributed by atoms with Gasteiger partial charge in [-0.15, -0.1) is 0 Å². The third-order valence-corrected chi connectivity index (χ3v) is 4.28. The first kappa shape index (κ1) is 20.5. The molecule has 2 fully saturated rings. The minimum Gasteiger partial charge on any atom is -1.00 e. The molecule has 138 valence electrons. The fourth-order valence-corrected chi connectivity index (χ4v) is 3.04. The molecule has 1 amide bonds. The van der Waals surface area contributed by atoms with Gasteiger partial charge < -0.3 is 21.1 Å². The number of rotatable bonds is 4. The SMILES string of the molecule is CC(C)(C)OC(=O)N(C1CC1)[C@@H]1CCN(c2cnc(C(=O)O)cn2)C1.[H-].[Li+]. The van der Waals surface area contributed by atoms with Crippen LogP contribution in [-0.4, -0.2) is 62.8 Å². The minimum absolute atomic E-state index is 0. The van der Waals surface area contributed by atoms with E-state index in [0.29, 0.717) is 12.4 Å². The number of carbonyl (C=O) groups excluding carboxylic acids is 1. The van der Waals surface area contributed by atoms with Crippen molar-refractivity contribution in [2.24, 2.45) is 0 Å². The summed E-state index contributed by atoms with van der Waals surface area (Å²) in [5.41, 5.74) is -0.589. The number of aromatic nitrogens is 2. The average molecular weight is 356 g/mol. The Balaban J connectivity index is 0.00000182. The number of carboxylic acid groups (broad SMARTS) is 1. The molecule has 1 aromatic heterocycles. The Hall–Kier alpha value is -1.78. The van der Waals surface area contributed by atoms with Gasteiger partial charge in [0.15, 0.2) is 5.69 Å². The van der Waals surface area contributed by atoms with Crippen molar-refractivity contribution in [3.8, 4) is 0 Å². The van der Waals surface area contributed by atoms with Crippen LogP contribution in [0.15, 0.2) is 12.4 Å². The third-order valence-electron chi connectivity index (χ3n) is 4.28. The Morgan fingerprint density at radius 1 is 1.23 bits per heavy atom. The fourth-order valence-electron chi connectivity index (χ4n) is 3.04. The molecule has 1 saturated carbocycles. The van der Waals surface area contributed by atoms with Crippen LogP contribution in [0.5, 0.6) is 0 Å². The second kappa shape index (κ2) is 7.85. The molecule has 1 N–H and O–H groups in total. The van der Waals surface area contributed by atoms with E-state index in [4.69, 9.17) is 9.84 Å². The summed E-state index contributed by atoms with van der Waals surface area (Å²) in [6.07, 6.45) is 5.34. The fraction of sp³-hybridized carbons (Fsp3) is 0.647. The molecule has 1 aliphatic heterocycles. The number of amides is 1. The van der Waals surface area contributed by atoms with Gasteiger partial charge in [-0.25, -0.2) is 19.6 Å². The monoisotopic (exact) mass is 356 g/mol. The first-order chi connectivity index (χ1) is 11.7. The summed E-state index contributed by atoms with van der Waals surface area (Å²) in [4.78, 5) is 35.5. The summed E-state index contributed by atoms with van der Waals surface area (Å²) in [6.45, 7) is 7.01. The van der Waals surface area contributed by atoms with Crippen molar-refractivity contribution in [1.29, 1.82) is 0 Å². The van der Waals surface area contributed by atoms with Crippen LogP contribution < -0.4 is 23.8 Å². The molecule has 0 aromatic carbocycles. The molecule has 3 rings (SSSR count). The van der Waals surface area contributed by atoms with E-state index >= 15 is 0 Å². The Kier molecular flexibility index (Phi) is 6.20. The van der Waals surface area contributed by atoms with Crippen LogP contribution in [0.1, 0.15) is 51.9 Å². The standard InChI is InChI=1S/C17H24N4O4.Li.H/c1-17(2,3)25-16(24)21(11-4-5-11)12-6-7-20(10-12)14-9-18-13(8-19-14)15(22)23;;/h8-9,11-12H,4-7,10H2,1-3H3,(H,22,23);;/q;+1;-1/t12-;;/m1../s1. The predicted octanol–water partition coefficient (Wildman–Crippen LogP) is -0.730. The summed E-state index contributed by atoms with van der Waals surface area (Å²) < 4.78 is 5.57. The quantitative estimate of drug-likeness (QED) is 0.711. The molecule has 26 heavy (non-hydrogen) atoms. The molecule has 1 aliphatic carbocycles. The van der Waals surface area contributed by atoms with Gasteiger partial charge in [-0.2, -0.15) is 0 Å². The van der Waals surface area contributed by atoms with E-state index < -0.39 is 11.6 Å². The number of ether oxygens (including phenoxy) is 1. The van der Waals surface area contributed by atoms with E-state index in [1.807, 2.05) is 30.6 Å². The van der Waals surface area contributed by atoms with Gasteiger partial charge in [0, 0.05) is 19.1 Å². The summed E-state index contributed by atoms with van der Waals surface area (Å²) in [5.74, 6) is -0.462. The second-order valence-corrected chi connectivity index (χ2v) is 7.57. The van der Waals surface area contributed by atoms with E-state index in [1.54, 1.807) is 0 Å². The first-order valence-electron chi connectivity index (χ1n) is 8.56. The van der Waals surface area contributed by atoms with Crippen LogP contribution >= 0.6 is 0 Å². The first-order valence-corrected chi connectivity index (χ1v) is 8.56. The maximum atomic E-state index is 12.6. The third kappa shape index (κ3) is 4.89. The van der Waals surface area contributed by atoms with Gasteiger partial charge in [0.2, 0.25) is 0 Å². The Bertz CT molecular complexity index is 664. The maximum absolute atomic E-state index is 12.6. The molecule has 0 spiro atoms. The molecule has 9 heteroatoms. The molecule has 0 bridgehead atoms. The minimum atomic E-state index is -1.09. The normalized spacial score (nSPS) is 19.7. The van der Waals surface area contributed by atoms with Crippen LogP contribution in [0.2, 0.25) is 0 Å². The smallest absolute Gasteiger partial charge is 1.00 e. The number of carbonyl (C=O) groups is 2. The van der Waals surface area contributed by atoms with Gasteiger partial charge in [0.25, 0.3) is 0 Å². The van der Waals surface area contributed by atoms with Crippen molar-refractivity contribution in [1.82, 2.24) is 14.9 Å². The van der Waals surface area contributed by atoms with Crippen molar-refractivity contribution >= 4 is 17.9 Å². The van der Waals surface area contributed by atoms with Gasteiger partial charge >= 0.3 is 30.9 Å². The second-order valence-electron chi connectivity index (χ2n) is 7.57. The summed E-state index contributed by atoms with van der Waals surface area (Å²) in [6, 6.07) is 0.337. The topological polar surface area (TPSA) is 95.9 Å². The van der Waals surface area contributed by atoms with Gasteiger partial charge in [-0.05, 0) is 40.0 Å². The van der Waals surface area contributed by atoms with Crippen LogP contribution in [-0.2, 0) is 4.74 Å². The molecular weight excluding hydrogens is 331 g/mol. The maximum Gasteiger partial charge on any atom is 1.00 e. The number of aromatic carboxylic acids is 1. The molecule has 0 radical (unpaired) electrons. The summed E-state index contributed by atoms with van der Waals surface area (Å²) in [5, 5.41) is 8.90. The van der Waals surface area contributed by atoms with E-state index in [1.165, 1.54) is 12.4 Å². The van der Waals surface area contributed by atoms with Crippen molar-refractivity contribution in [3.63, 3.8) is 0 Å². The van der Waals surface area contributed by atoms with Crippen molar-refractivity contribution < 1.29 is 39.7 Å². The largest absolute Gasteiger partial charge is 1.00 e. The molecule has 1 atom stereocenters. The Morgan fingerprint density at radius 3 is 2.42 bits per heavy atom. The molecule has 2 aliphatic rings. The van der Waals surface area contributed by atoms with Crippen molar-refractivity contribution in [3.05, 3.63) is 18.1 Å². The zero-order chi connectivity index (χ0) is 18.2. The van der Waals surface area contributed by atoms with E-state index in [0.717, 1.165) is 25.8 Å². The van der Waals surface area contributed by atoms with Crippen LogP contribution in [0.25, 0.3) is 0 Å². The zero-order valence-electron chi connectivity index (χ0n) is 16.8. The molecule has 1 saturated heterocycles. The van der Waals surface area contributed by atoms with Gasteiger partial charge in [0.1, 0.15) is 11.4 Å². The average Bonchev–Trinajstić information content (AvgIpc) is 3.22. The number of anilines is 1. The van der Waals surface area contributed by atoms with Crippen LogP contribution in [0.4, 0.5) is 10.6 Å². The van der Waals surface area contributed by atoms with Gasteiger partial charge in [-0.1, -0.05) is 0 Å². The molecule has 0 unspecified atom stereocenters. The van der Waals surface area contributed by atoms with E-state index in [9.17, 15) is 9.59 Å². The number of nitrogens with zero attached hydrogens (tertiary/aromatic N) is 4. The molecule has 2 heterocycles. The zero-order valence-corrected chi connectivity index (χ0v) is 15.8. The van der Waals surface area contributed by atoms with Crippen molar-refractivity contribution in [2.45, 2.75) is 57.7 Å². The predicted molar refractivity (Wildman–Crippen MR) is 91.8 cm³/mol. The number of hydrogen-bond donors (Lipinski definition) is 1. The molecule has 1 aromatic rings. The van der Waals surface area contributed by atoms with Crippen LogP contribution in [0, 0.1) is 0 Å². The Morgan fingerprint density at radius 2 is 1.92 bits per heavy atom. The van der Waals surface area contributed by atoms with Gasteiger partial charge in [-0.3, -0.25) is 0 Å². The summed E-state index contributed by atoms with van der Waals surface area (Å²) >= 11 is 0. The number of hydrogen-bond acceptors (Lipinski definition) is 6. The van der Waals surface area contributed by atoms with Crippen LogP contribution in [0.3, 0.4) is 0 Å². The van der Waals surface area contributed by atoms with E-state index in [-0.39, 0.29) is 44.2 Å². The van der Waals surface area contributed by atoms with Gasteiger partial charge in [0.05, 0.1) is 18.4 Å². The van der Waals surface area contributed by atoms with E-state index in [2.05, 4.69) is 9.97 Å². The molecular formula is C17H25LiN4O4. The Labute approximate surface area is 166 Å². The summed E-state index contributed by atoms with van der Waals surface area (Å²) in [7, 11) is 0.